The summed E-state index contributed by atoms with van der Waals surface area (Å²) in [6, 6.07) is 12.8. The number of anilines is 2. The Morgan fingerprint density at radius 2 is 1.58 bits per heavy atom. The zero-order chi connectivity index (χ0) is 13.8. The van der Waals surface area contributed by atoms with Crippen molar-refractivity contribution < 1.29 is 4.79 Å². The van der Waals surface area contributed by atoms with Crippen molar-refractivity contribution in [2.45, 2.75) is 13.8 Å². The summed E-state index contributed by atoms with van der Waals surface area (Å²) in [7, 11) is 0. The summed E-state index contributed by atoms with van der Waals surface area (Å²) in [5, 5.41) is 6.24. The van der Waals surface area contributed by atoms with Crippen LogP contribution in [-0.4, -0.2) is 6.03 Å². The fourth-order valence-electron chi connectivity index (χ4n) is 1.73. The van der Waals surface area contributed by atoms with Crippen molar-refractivity contribution in [3.63, 3.8) is 0 Å². The van der Waals surface area contributed by atoms with E-state index in [1.54, 1.807) is 12.1 Å². The maximum atomic E-state index is 11.9. The molecule has 0 unspecified atom stereocenters. The molecule has 98 valence electrons. The van der Waals surface area contributed by atoms with Gasteiger partial charge in [-0.1, -0.05) is 35.9 Å². The minimum atomic E-state index is -0.278. The van der Waals surface area contributed by atoms with Crippen LogP contribution in [0.5, 0.6) is 0 Å². The zero-order valence-electron chi connectivity index (χ0n) is 10.8. The minimum absolute atomic E-state index is 0.278. The van der Waals surface area contributed by atoms with Crippen LogP contribution >= 0.6 is 11.6 Å². The first-order valence-electron chi connectivity index (χ1n) is 5.96. The largest absolute Gasteiger partial charge is 0.323 e. The molecule has 0 aromatic heterocycles. The van der Waals surface area contributed by atoms with Crippen LogP contribution in [0.25, 0.3) is 0 Å². The van der Waals surface area contributed by atoms with Crippen molar-refractivity contribution in [2.75, 3.05) is 10.6 Å². The molecular formula is C15H15ClN2O. The standard InChI is InChI=1S/C15H15ClN2O/c1-10-6-3-4-8-13(10)17-15(19)18-14-9-5-7-12(16)11(14)2/h3-9H,1-2H3,(H2,17,18,19). The van der Waals surface area contributed by atoms with Gasteiger partial charge in [-0.15, -0.1) is 0 Å². The molecular weight excluding hydrogens is 260 g/mol. The van der Waals surface area contributed by atoms with Gasteiger partial charge >= 0.3 is 6.03 Å². The number of nitrogens with one attached hydrogen (secondary N) is 2. The number of carbonyl (C=O) groups is 1. The molecule has 2 aromatic carbocycles. The normalized spacial score (nSPS) is 10.1. The lowest BCUT2D eigenvalue weighted by atomic mass is 10.2. The summed E-state index contributed by atoms with van der Waals surface area (Å²) >= 11 is 6.01. The Kier molecular flexibility index (Phi) is 4.07. The number of aryl methyl sites for hydroxylation is 1. The first-order chi connectivity index (χ1) is 9.08. The highest BCUT2D eigenvalue weighted by Crippen LogP contribution is 2.23. The van der Waals surface area contributed by atoms with Crippen molar-refractivity contribution in [3.8, 4) is 0 Å². The van der Waals surface area contributed by atoms with Gasteiger partial charge in [-0.3, -0.25) is 0 Å². The highest BCUT2D eigenvalue weighted by molar-refractivity contribution is 6.31. The maximum absolute atomic E-state index is 11.9. The minimum Gasteiger partial charge on any atom is -0.307 e. The van der Waals surface area contributed by atoms with E-state index in [9.17, 15) is 4.79 Å². The first-order valence-corrected chi connectivity index (χ1v) is 6.34. The lowest BCUT2D eigenvalue weighted by molar-refractivity contribution is 0.262. The second kappa shape index (κ2) is 5.76. The van der Waals surface area contributed by atoms with E-state index in [1.165, 1.54) is 0 Å². The molecule has 0 saturated heterocycles. The number of benzene rings is 2. The van der Waals surface area contributed by atoms with E-state index in [0.717, 1.165) is 16.8 Å². The molecule has 2 aromatic rings. The molecule has 4 heteroatoms. The van der Waals surface area contributed by atoms with Gasteiger partial charge in [-0.25, -0.2) is 4.79 Å². The van der Waals surface area contributed by atoms with E-state index in [-0.39, 0.29) is 6.03 Å². The highest BCUT2D eigenvalue weighted by Gasteiger charge is 2.07. The third-order valence-corrected chi connectivity index (χ3v) is 3.32. The SMILES string of the molecule is Cc1ccccc1NC(=O)Nc1cccc(Cl)c1C. The van der Waals surface area contributed by atoms with Gasteiger partial charge < -0.3 is 10.6 Å². The summed E-state index contributed by atoms with van der Waals surface area (Å²) in [4.78, 5) is 11.9. The molecule has 0 spiro atoms. The fourth-order valence-corrected chi connectivity index (χ4v) is 1.91. The number of urea groups is 1. The van der Waals surface area contributed by atoms with Crippen LogP contribution < -0.4 is 10.6 Å². The second-order valence-electron chi connectivity index (χ2n) is 4.31. The molecule has 0 bridgehead atoms. The van der Waals surface area contributed by atoms with Crippen LogP contribution in [0.3, 0.4) is 0 Å². The molecule has 0 fully saturated rings. The molecule has 0 saturated carbocycles. The van der Waals surface area contributed by atoms with Crippen LogP contribution in [0.15, 0.2) is 42.5 Å². The molecule has 19 heavy (non-hydrogen) atoms. The van der Waals surface area contributed by atoms with Crippen molar-refractivity contribution in [1.29, 1.82) is 0 Å². The van der Waals surface area contributed by atoms with Crippen LogP contribution in [0.4, 0.5) is 16.2 Å². The molecule has 0 aliphatic heterocycles. The summed E-state index contributed by atoms with van der Waals surface area (Å²) in [6.45, 7) is 3.81. The number of amides is 2. The smallest absolute Gasteiger partial charge is 0.307 e. The van der Waals surface area contributed by atoms with E-state index >= 15 is 0 Å². The molecule has 0 heterocycles. The van der Waals surface area contributed by atoms with E-state index in [0.29, 0.717) is 10.7 Å². The summed E-state index contributed by atoms with van der Waals surface area (Å²) in [5.74, 6) is 0. The Bertz CT molecular complexity index is 611. The van der Waals surface area contributed by atoms with Crippen molar-refractivity contribution >= 4 is 29.0 Å². The van der Waals surface area contributed by atoms with E-state index in [1.807, 2.05) is 44.2 Å². The van der Waals surface area contributed by atoms with Crippen LogP contribution in [-0.2, 0) is 0 Å². The zero-order valence-corrected chi connectivity index (χ0v) is 11.6. The van der Waals surface area contributed by atoms with Crippen LogP contribution in [0.2, 0.25) is 5.02 Å². The lowest BCUT2D eigenvalue weighted by Crippen LogP contribution is -2.20. The first kappa shape index (κ1) is 13.4. The number of carbonyl (C=O) groups excluding carboxylic acids is 1. The average Bonchev–Trinajstić information content (AvgIpc) is 2.38. The number of hydrogen-bond acceptors (Lipinski definition) is 1. The van der Waals surface area contributed by atoms with Gasteiger partial charge in [0.1, 0.15) is 0 Å². The number of halogens is 1. The van der Waals surface area contributed by atoms with Crippen molar-refractivity contribution in [2.24, 2.45) is 0 Å². The Morgan fingerprint density at radius 1 is 0.947 bits per heavy atom. The quantitative estimate of drug-likeness (QED) is 0.825. The predicted molar refractivity (Wildman–Crippen MR) is 80.0 cm³/mol. The van der Waals surface area contributed by atoms with Gasteiger partial charge in [0.25, 0.3) is 0 Å². The summed E-state index contributed by atoms with van der Waals surface area (Å²) in [5.41, 5.74) is 3.36. The number of hydrogen-bond donors (Lipinski definition) is 2. The van der Waals surface area contributed by atoms with E-state index in [4.69, 9.17) is 11.6 Å². The number of para-hydroxylation sites is 1. The maximum Gasteiger partial charge on any atom is 0.323 e. The third kappa shape index (κ3) is 3.26. The molecule has 0 aliphatic carbocycles. The van der Waals surface area contributed by atoms with Gasteiger partial charge in [0.15, 0.2) is 0 Å². The molecule has 2 rings (SSSR count). The Labute approximate surface area is 117 Å². The molecule has 0 radical (unpaired) electrons. The van der Waals surface area contributed by atoms with Gasteiger partial charge in [0, 0.05) is 16.4 Å². The monoisotopic (exact) mass is 274 g/mol. The van der Waals surface area contributed by atoms with E-state index < -0.39 is 0 Å². The van der Waals surface area contributed by atoms with Gasteiger partial charge in [-0.2, -0.15) is 0 Å². The molecule has 3 nitrogen and oxygen atoms in total. The van der Waals surface area contributed by atoms with Crippen LogP contribution in [0, 0.1) is 13.8 Å². The highest BCUT2D eigenvalue weighted by atomic mass is 35.5. The Hall–Kier alpha value is -2.00. The molecule has 2 amide bonds. The van der Waals surface area contributed by atoms with Gasteiger partial charge in [0.2, 0.25) is 0 Å². The fraction of sp³-hybridized carbons (Fsp3) is 0.133. The van der Waals surface area contributed by atoms with E-state index in [2.05, 4.69) is 10.6 Å². The lowest BCUT2D eigenvalue weighted by Gasteiger charge is -2.12. The van der Waals surface area contributed by atoms with Gasteiger partial charge in [0.05, 0.1) is 0 Å². The van der Waals surface area contributed by atoms with Crippen molar-refractivity contribution in [3.05, 3.63) is 58.6 Å². The summed E-state index contributed by atoms with van der Waals surface area (Å²) < 4.78 is 0. The predicted octanol–water partition coefficient (Wildman–Crippen LogP) is 4.60. The summed E-state index contributed by atoms with van der Waals surface area (Å²) in [6.07, 6.45) is 0. The number of rotatable bonds is 2. The topological polar surface area (TPSA) is 41.1 Å². The Balaban J connectivity index is 2.10. The molecule has 2 N–H and O–H groups in total. The molecule has 0 aliphatic rings. The van der Waals surface area contributed by atoms with Crippen molar-refractivity contribution in [1.82, 2.24) is 0 Å². The Morgan fingerprint density at radius 3 is 2.32 bits per heavy atom. The molecule has 0 atom stereocenters. The third-order valence-electron chi connectivity index (χ3n) is 2.91. The van der Waals surface area contributed by atoms with Crippen LogP contribution in [0.1, 0.15) is 11.1 Å². The second-order valence-corrected chi connectivity index (χ2v) is 4.71. The average molecular weight is 275 g/mol. The van der Waals surface area contributed by atoms with Gasteiger partial charge in [-0.05, 0) is 43.2 Å².